The fraction of sp³-hybridized carbons (Fsp3) is 0.267. The Bertz CT molecular complexity index is 671. The molecule has 2 aromatic rings. The summed E-state index contributed by atoms with van der Waals surface area (Å²) in [5, 5.41) is 13.9. The lowest BCUT2D eigenvalue weighted by Crippen LogP contribution is -2.02. The quantitative estimate of drug-likeness (QED) is 0.668. The maximum atomic E-state index is 11.0. The van der Waals surface area contributed by atoms with Crippen molar-refractivity contribution in [3.05, 3.63) is 51.6 Å². The topological polar surface area (TPSA) is 77.3 Å². The summed E-state index contributed by atoms with van der Waals surface area (Å²) in [5.41, 5.74) is 2.02. The molecule has 1 heterocycles. The molecule has 1 aromatic carbocycles. The van der Waals surface area contributed by atoms with E-state index in [-0.39, 0.29) is 11.6 Å². The van der Waals surface area contributed by atoms with Gasteiger partial charge in [-0.15, -0.1) is 0 Å². The number of rotatable bonds is 5. The number of aryl methyl sites for hydroxylation is 1. The molecule has 6 heteroatoms. The highest BCUT2D eigenvalue weighted by Gasteiger charge is 2.13. The molecule has 0 bridgehead atoms. The minimum Gasteiger partial charge on any atom is -0.438 e. The summed E-state index contributed by atoms with van der Waals surface area (Å²) in [6, 6.07) is 8.38. The van der Waals surface area contributed by atoms with Crippen LogP contribution in [0.25, 0.3) is 0 Å². The molecule has 0 saturated carbocycles. The zero-order valence-corrected chi connectivity index (χ0v) is 12.2. The molecule has 0 saturated heterocycles. The standard InChI is InChI=1S/C15H17N3O3/c1-4-16-14-8-12(18(19)20)9-15(17-14)21-13-7-5-6-10(2)11(13)3/h5-9H,4H2,1-3H3,(H,16,17). The van der Waals surface area contributed by atoms with Gasteiger partial charge in [-0.05, 0) is 38.0 Å². The minimum absolute atomic E-state index is 0.0544. The lowest BCUT2D eigenvalue weighted by atomic mass is 10.1. The van der Waals surface area contributed by atoms with Crippen LogP contribution >= 0.6 is 0 Å². The van der Waals surface area contributed by atoms with Crippen LogP contribution in [0.1, 0.15) is 18.1 Å². The molecule has 0 aliphatic rings. The van der Waals surface area contributed by atoms with Crippen molar-refractivity contribution in [3.8, 4) is 11.6 Å². The Morgan fingerprint density at radius 2 is 2.10 bits per heavy atom. The van der Waals surface area contributed by atoms with Gasteiger partial charge in [0.2, 0.25) is 5.88 Å². The van der Waals surface area contributed by atoms with Crippen molar-refractivity contribution < 1.29 is 9.66 Å². The molecule has 6 nitrogen and oxygen atoms in total. The maximum Gasteiger partial charge on any atom is 0.278 e. The van der Waals surface area contributed by atoms with Crippen LogP contribution in [-0.2, 0) is 0 Å². The van der Waals surface area contributed by atoms with Crippen molar-refractivity contribution in [2.45, 2.75) is 20.8 Å². The molecular weight excluding hydrogens is 270 g/mol. The molecule has 0 atom stereocenters. The largest absolute Gasteiger partial charge is 0.438 e. The molecule has 2 rings (SSSR count). The second kappa shape index (κ2) is 6.21. The zero-order chi connectivity index (χ0) is 15.4. The van der Waals surface area contributed by atoms with Gasteiger partial charge in [-0.1, -0.05) is 12.1 Å². The summed E-state index contributed by atoms with van der Waals surface area (Å²) in [6.07, 6.45) is 0. The first-order chi connectivity index (χ1) is 10.0. The van der Waals surface area contributed by atoms with Gasteiger partial charge in [0.25, 0.3) is 5.69 Å². The van der Waals surface area contributed by atoms with E-state index in [4.69, 9.17) is 4.74 Å². The number of pyridine rings is 1. The summed E-state index contributed by atoms with van der Waals surface area (Å²) < 4.78 is 5.71. The first kappa shape index (κ1) is 14.8. The van der Waals surface area contributed by atoms with Crippen LogP contribution in [0.3, 0.4) is 0 Å². The third-order valence-electron chi connectivity index (χ3n) is 3.12. The molecule has 0 fully saturated rings. The highest BCUT2D eigenvalue weighted by atomic mass is 16.6. The first-order valence-electron chi connectivity index (χ1n) is 6.65. The Labute approximate surface area is 122 Å². The van der Waals surface area contributed by atoms with E-state index in [0.29, 0.717) is 18.1 Å². The number of anilines is 1. The Hall–Kier alpha value is -2.63. The normalized spacial score (nSPS) is 10.2. The number of benzene rings is 1. The van der Waals surface area contributed by atoms with Crippen molar-refractivity contribution in [3.63, 3.8) is 0 Å². The van der Waals surface area contributed by atoms with E-state index in [1.165, 1.54) is 12.1 Å². The van der Waals surface area contributed by atoms with Gasteiger partial charge in [0.05, 0.1) is 17.1 Å². The highest BCUT2D eigenvalue weighted by Crippen LogP contribution is 2.29. The van der Waals surface area contributed by atoms with Crippen molar-refractivity contribution in [1.29, 1.82) is 0 Å². The average Bonchev–Trinajstić information content (AvgIpc) is 2.44. The Morgan fingerprint density at radius 1 is 1.33 bits per heavy atom. The SMILES string of the molecule is CCNc1cc([N+](=O)[O-])cc(Oc2cccc(C)c2C)n1. The summed E-state index contributed by atoms with van der Waals surface area (Å²) in [4.78, 5) is 14.8. The third kappa shape index (κ3) is 3.47. The lowest BCUT2D eigenvalue weighted by Gasteiger charge is -2.11. The fourth-order valence-electron chi connectivity index (χ4n) is 1.87. The summed E-state index contributed by atoms with van der Waals surface area (Å²) in [6.45, 7) is 6.43. The predicted octanol–water partition coefficient (Wildman–Crippen LogP) is 3.83. The summed E-state index contributed by atoms with van der Waals surface area (Å²) in [7, 11) is 0. The van der Waals surface area contributed by atoms with Gasteiger partial charge in [-0.2, -0.15) is 4.98 Å². The Kier molecular flexibility index (Phi) is 4.37. The van der Waals surface area contributed by atoms with Crippen LogP contribution < -0.4 is 10.1 Å². The predicted molar refractivity (Wildman–Crippen MR) is 81.0 cm³/mol. The van der Waals surface area contributed by atoms with Gasteiger partial charge in [0, 0.05) is 6.54 Å². The van der Waals surface area contributed by atoms with E-state index >= 15 is 0 Å². The van der Waals surface area contributed by atoms with Gasteiger partial charge in [0.15, 0.2) is 0 Å². The van der Waals surface area contributed by atoms with Crippen LogP contribution in [0.15, 0.2) is 30.3 Å². The number of aromatic nitrogens is 1. The van der Waals surface area contributed by atoms with E-state index < -0.39 is 4.92 Å². The van der Waals surface area contributed by atoms with Crippen LogP contribution in [-0.4, -0.2) is 16.5 Å². The third-order valence-corrected chi connectivity index (χ3v) is 3.12. The molecule has 0 aliphatic carbocycles. The molecular formula is C15H17N3O3. The van der Waals surface area contributed by atoms with Gasteiger partial charge in [0.1, 0.15) is 11.6 Å². The van der Waals surface area contributed by atoms with Crippen molar-refractivity contribution in [1.82, 2.24) is 4.98 Å². The minimum atomic E-state index is -0.460. The van der Waals surface area contributed by atoms with Gasteiger partial charge < -0.3 is 10.1 Å². The molecule has 0 radical (unpaired) electrons. The maximum absolute atomic E-state index is 11.0. The molecule has 1 N–H and O–H groups in total. The van der Waals surface area contributed by atoms with Crippen molar-refractivity contribution in [2.24, 2.45) is 0 Å². The van der Waals surface area contributed by atoms with Crippen LogP contribution in [0, 0.1) is 24.0 Å². The van der Waals surface area contributed by atoms with Gasteiger partial charge >= 0.3 is 0 Å². The van der Waals surface area contributed by atoms with Gasteiger partial charge in [-0.3, -0.25) is 10.1 Å². The first-order valence-corrected chi connectivity index (χ1v) is 6.65. The number of hydrogen-bond acceptors (Lipinski definition) is 5. The molecule has 0 unspecified atom stereocenters. The smallest absolute Gasteiger partial charge is 0.278 e. The molecule has 1 aromatic heterocycles. The zero-order valence-electron chi connectivity index (χ0n) is 12.2. The highest BCUT2D eigenvalue weighted by molar-refractivity contribution is 5.49. The fourth-order valence-corrected chi connectivity index (χ4v) is 1.87. The average molecular weight is 287 g/mol. The van der Waals surface area contributed by atoms with Crippen molar-refractivity contribution in [2.75, 3.05) is 11.9 Å². The van der Waals surface area contributed by atoms with E-state index in [0.717, 1.165) is 11.1 Å². The number of nitrogens with one attached hydrogen (secondary N) is 1. The molecule has 0 amide bonds. The van der Waals surface area contributed by atoms with Crippen LogP contribution in [0.2, 0.25) is 0 Å². The monoisotopic (exact) mass is 287 g/mol. The van der Waals surface area contributed by atoms with E-state index in [1.54, 1.807) is 0 Å². The molecule has 21 heavy (non-hydrogen) atoms. The second-order valence-electron chi connectivity index (χ2n) is 4.64. The Balaban J connectivity index is 2.38. The Morgan fingerprint density at radius 3 is 2.76 bits per heavy atom. The summed E-state index contributed by atoms with van der Waals surface area (Å²) in [5.74, 6) is 1.27. The van der Waals surface area contributed by atoms with E-state index in [9.17, 15) is 10.1 Å². The van der Waals surface area contributed by atoms with E-state index in [2.05, 4.69) is 10.3 Å². The number of nitro groups is 1. The number of ether oxygens (including phenoxy) is 1. The van der Waals surface area contributed by atoms with E-state index in [1.807, 2.05) is 39.0 Å². The van der Waals surface area contributed by atoms with Crippen LogP contribution in [0.5, 0.6) is 11.6 Å². The number of nitrogens with zero attached hydrogens (tertiary/aromatic N) is 2. The molecule has 0 aliphatic heterocycles. The summed E-state index contributed by atoms with van der Waals surface area (Å²) >= 11 is 0. The van der Waals surface area contributed by atoms with Crippen LogP contribution in [0.4, 0.5) is 11.5 Å². The van der Waals surface area contributed by atoms with Gasteiger partial charge in [-0.25, -0.2) is 0 Å². The molecule has 110 valence electrons. The molecule has 0 spiro atoms. The lowest BCUT2D eigenvalue weighted by molar-refractivity contribution is -0.384. The number of hydrogen-bond donors (Lipinski definition) is 1. The van der Waals surface area contributed by atoms with Crippen molar-refractivity contribution >= 4 is 11.5 Å². The second-order valence-corrected chi connectivity index (χ2v) is 4.64.